The predicted molar refractivity (Wildman–Crippen MR) is 69.2 cm³/mol. The summed E-state index contributed by atoms with van der Waals surface area (Å²) >= 11 is 1.78. The standard InChI is InChI=1S/C12H22N2OS/c1-5-6-11(9-13)12(15)14(3)10(2)7-8-16-4/h10-11H,5-8H2,1-4H3. The Morgan fingerprint density at radius 3 is 2.56 bits per heavy atom. The van der Waals surface area contributed by atoms with Gasteiger partial charge in [0.15, 0.2) is 0 Å². The van der Waals surface area contributed by atoms with Gasteiger partial charge in [0.25, 0.3) is 0 Å². The number of rotatable bonds is 7. The lowest BCUT2D eigenvalue weighted by atomic mass is 10.0. The van der Waals surface area contributed by atoms with Crippen molar-refractivity contribution in [2.24, 2.45) is 5.92 Å². The Balaban J connectivity index is 4.29. The topological polar surface area (TPSA) is 44.1 Å². The molecule has 1 amide bonds. The van der Waals surface area contributed by atoms with E-state index < -0.39 is 5.92 Å². The summed E-state index contributed by atoms with van der Waals surface area (Å²) in [5.74, 6) is 0.550. The van der Waals surface area contributed by atoms with Crippen LogP contribution in [0.1, 0.15) is 33.1 Å². The summed E-state index contributed by atoms with van der Waals surface area (Å²) in [6.45, 7) is 4.03. The molecule has 3 nitrogen and oxygen atoms in total. The van der Waals surface area contributed by atoms with Crippen molar-refractivity contribution >= 4 is 17.7 Å². The lowest BCUT2D eigenvalue weighted by molar-refractivity contribution is -0.134. The quantitative estimate of drug-likeness (QED) is 0.689. The zero-order valence-corrected chi connectivity index (χ0v) is 11.5. The average Bonchev–Trinajstić information content (AvgIpc) is 2.31. The van der Waals surface area contributed by atoms with E-state index in [0.717, 1.165) is 18.6 Å². The van der Waals surface area contributed by atoms with Gasteiger partial charge in [-0.05, 0) is 31.8 Å². The first-order chi connectivity index (χ1) is 7.58. The first-order valence-electron chi connectivity index (χ1n) is 5.73. The van der Waals surface area contributed by atoms with Crippen molar-refractivity contribution in [1.29, 1.82) is 5.26 Å². The third kappa shape index (κ3) is 4.89. The summed E-state index contributed by atoms with van der Waals surface area (Å²) in [6, 6.07) is 2.31. The van der Waals surface area contributed by atoms with Crippen LogP contribution in [-0.4, -0.2) is 35.9 Å². The Morgan fingerprint density at radius 2 is 2.12 bits per heavy atom. The number of carbonyl (C=O) groups is 1. The molecule has 4 heteroatoms. The maximum atomic E-state index is 12.0. The van der Waals surface area contributed by atoms with Gasteiger partial charge in [0.1, 0.15) is 5.92 Å². The molecule has 0 saturated heterocycles. The maximum absolute atomic E-state index is 12.0. The van der Waals surface area contributed by atoms with E-state index in [9.17, 15) is 4.79 Å². The number of nitrogens with zero attached hydrogens (tertiary/aromatic N) is 2. The van der Waals surface area contributed by atoms with Crippen LogP contribution in [0.5, 0.6) is 0 Å². The summed E-state index contributed by atoms with van der Waals surface area (Å²) in [5, 5.41) is 8.93. The molecule has 0 fully saturated rings. The SMILES string of the molecule is CCCC(C#N)C(=O)N(C)C(C)CCSC. The van der Waals surface area contributed by atoms with E-state index >= 15 is 0 Å². The van der Waals surface area contributed by atoms with Gasteiger partial charge in [0, 0.05) is 13.1 Å². The first-order valence-corrected chi connectivity index (χ1v) is 7.13. The minimum absolute atomic E-state index is 0.0297. The number of amides is 1. The molecule has 0 aromatic heterocycles. The second kappa shape index (κ2) is 8.46. The van der Waals surface area contributed by atoms with Crippen LogP contribution in [0, 0.1) is 17.2 Å². The lowest BCUT2D eigenvalue weighted by Gasteiger charge is -2.26. The van der Waals surface area contributed by atoms with Gasteiger partial charge in [-0.3, -0.25) is 4.79 Å². The number of nitriles is 1. The van der Waals surface area contributed by atoms with E-state index in [-0.39, 0.29) is 11.9 Å². The summed E-state index contributed by atoms with van der Waals surface area (Å²) in [5.41, 5.74) is 0. The number of hydrogen-bond acceptors (Lipinski definition) is 3. The Bertz CT molecular complexity index is 250. The number of carbonyl (C=O) groups excluding carboxylic acids is 1. The monoisotopic (exact) mass is 242 g/mol. The number of hydrogen-bond donors (Lipinski definition) is 0. The van der Waals surface area contributed by atoms with E-state index in [4.69, 9.17) is 5.26 Å². The lowest BCUT2D eigenvalue weighted by Crippen LogP contribution is -2.39. The van der Waals surface area contributed by atoms with Crippen molar-refractivity contribution in [3.8, 4) is 6.07 Å². The molecule has 0 aliphatic rings. The summed E-state index contributed by atoms with van der Waals surface area (Å²) < 4.78 is 0. The summed E-state index contributed by atoms with van der Waals surface area (Å²) in [7, 11) is 1.80. The Kier molecular flexibility index (Phi) is 8.10. The number of thioether (sulfide) groups is 1. The van der Waals surface area contributed by atoms with Crippen molar-refractivity contribution in [2.75, 3.05) is 19.1 Å². The Morgan fingerprint density at radius 1 is 1.50 bits per heavy atom. The second-order valence-electron chi connectivity index (χ2n) is 4.05. The zero-order chi connectivity index (χ0) is 12.6. The Labute approximate surface area is 103 Å². The third-order valence-corrected chi connectivity index (χ3v) is 3.42. The van der Waals surface area contributed by atoms with Crippen molar-refractivity contribution < 1.29 is 4.79 Å². The van der Waals surface area contributed by atoms with Crippen molar-refractivity contribution in [2.45, 2.75) is 39.2 Å². The molecule has 16 heavy (non-hydrogen) atoms. The molecule has 2 unspecified atom stereocenters. The average molecular weight is 242 g/mol. The van der Waals surface area contributed by atoms with E-state index in [1.807, 2.05) is 13.8 Å². The van der Waals surface area contributed by atoms with Gasteiger partial charge >= 0.3 is 0 Å². The van der Waals surface area contributed by atoms with Crippen LogP contribution in [0.15, 0.2) is 0 Å². The molecule has 0 rings (SSSR count). The predicted octanol–water partition coefficient (Wildman–Crippen LogP) is 2.53. The molecular formula is C12H22N2OS. The molecule has 92 valence electrons. The van der Waals surface area contributed by atoms with Crippen LogP contribution in [0.25, 0.3) is 0 Å². The smallest absolute Gasteiger partial charge is 0.239 e. The molecule has 0 aliphatic carbocycles. The minimum Gasteiger partial charge on any atom is -0.342 e. The zero-order valence-electron chi connectivity index (χ0n) is 10.7. The largest absolute Gasteiger partial charge is 0.342 e. The van der Waals surface area contributed by atoms with Crippen LogP contribution < -0.4 is 0 Å². The van der Waals surface area contributed by atoms with Gasteiger partial charge in [-0.2, -0.15) is 17.0 Å². The van der Waals surface area contributed by atoms with Gasteiger partial charge in [-0.15, -0.1) is 0 Å². The van der Waals surface area contributed by atoms with E-state index in [2.05, 4.69) is 12.3 Å². The summed E-state index contributed by atoms with van der Waals surface area (Å²) in [6.07, 6.45) is 4.57. The van der Waals surface area contributed by atoms with Crippen molar-refractivity contribution in [1.82, 2.24) is 4.90 Å². The maximum Gasteiger partial charge on any atom is 0.239 e. The molecule has 0 saturated carbocycles. The van der Waals surface area contributed by atoms with Gasteiger partial charge in [-0.25, -0.2) is 0 Å². The fourth-order valence-corrected chi connectivity index (χ4v) is 2.05. The van der Waals surface area contributed by atoms with Crippen LogP contribution in [0.2, 0.25) is 0 Å². The molecule has 0 spiro atoms. The molecule has 0 radical (unpaired) electrons. The third-order valence-electron chi connectivity index (χ3n) is 2.78. The van der Waals surface area contributed by atoms with Gasteiger partial charge < -0.3 is 4.90 Å². The molecule has 0 aliphatic heterocycles. The van der Waals surface area contributed by atoms with Gasteiger partial charge in [-0.1, -0.05) is 13.3 Å². The van der Waals surface area contributed by atoms with Crippen molar-refractivity contribution in [3.05, 3.63) is 0 Å². The summed E-state index contributed by atoms with van der Waals surface area (Å²) in [4.78, 5) is 13.7. The highest BCUT2D eigenvalue weighted by Crippen LogP contribution is 2.13. The van der Waals surface area contributed by atoms with Crippen LogP contribution >= 0.6 is 11.8 Å². The highest BCUT2D eigenvalue weighted by Gasteiger charge is 2.23. The second-order valence-corrected chi connectivity index (χ2v) is 5.04. The first kappa shape index (κ1) is 15.3. The molecule has 0 bridgehead atoms. The molecular weight excluding hydrogens is 220 g/mol. The van der Waals surface area contributed by atoms with Crippen molar-refractivity contribution in [3.63, 3.8) is 0 Å². The molecule has 2 atom stereocenters. The van der Waals surface area contributed by atoms with E-state index in [0.29, 0.717) is 6.42 Å². The van der Waals surface area contributed by atoms with E-state index in [1.54, 1.807) is 23.7 Å². The normalized spacial score (nSPS) is 13.9. The van der Waals surface area contributed by atoms with E-state index in [1.165, 1.54) is 0 Å². The molecule has 0 aromatic carbocycles. The minimum atomic E-state index is -0.466. The van der Waals surface area contributed by atoms with Crippen LogP contribution in [0.4, 0.5) is 0 Å². The highest BCUT2D eigenvalue weighted by atomic mass is 32.2. The molecule has 0 heterocycles. The van der Waals surface area contributed by atoms with Crippen LogP contribution in [-0.2, 0) is 4.79 Å². The fraction of sp³-hybridized carbons (Fsp3) is 0.833. The van der Waals surface area contributed by atoms with Gasteiger partial charge in [0.05, 0.1) is 6.07 Å². The Hall–Kier alpha value is -0.690. The fourth-order valence-electron chi connectivity index (χ4n) is 1.48. The van der Waals surface area contributed by atoms with Gasteiger partial charge in [0.2, 0.25) is 5.91 Å². The molecule has 0 aromatic rings. The molecule has 0 N–H and O–H groups in total. The highest BCUT2D eigenvalue weighted by molar-refractivity contribution is 7.98. The van der Waals surface area contributed by atoms with Crippen LogP contribution in [0.3, 0.4) is 0 Å².